The quantitative estimate of drug-likeness (QED) is 0.641. The minimum absolute atomic E-state index is 0.202. The molecule has 1 heterocycles. The van der Waals surface area contributed by atoms with Crippen LogP contribution >= 0.6 is 22.9 Å². The number of thiazole rings is 1. The van der Waals surface area contributed by atoms with Crippen molar-refractivity contribution in [1.29, 1.82) is 0 Å². The highest BCUT2D eigenvalue weighted by Crippen LogP contribution is 2.24. The van der Waals surface area contributed by atoms with Gasteiger partial charge in [-0.3, -0.25) is 4.79 Å². The first kappa shape index (κ1) is 18.4. The summed E-state index contributed by atoms with van der Waals surface area (Å²) in [5.74, 6) is -0.202. The summed E-state index contributed by atoms with van der Waals surface area (Å²) in [7, 11) is 1.67. The molecular formula is C21H21ClN2O2S. The van der Waals surface area contributed by atoms with Crippen molar-refractivity contribution in [2.75, 3.05) is 13.7 Å². The van der Waals surface area contributed by atoms with Crippen LogP contribution in [0.5, 0.6) is 0 Å². The van der Waals surface area contributed by atoms with Crippen molar-refractivity contribution in [2.45, 2.75) is 32.2 Å². The summed E-state index contributed by atoms with van der Waals surface area (Å²) < 4.78 is 8.26. The number of rotatable bonds is 4. The standard InChI is InChI=1S/C21H21ClN2O2S/c1-26-11-10-24-18-9-8-17(22)13-19(18)27-21(24)23-20(25)16-7-6-14-4-2-3-5-15(14)12-16/h6-9,12-13H,2-5,10-11H2,1H3. The number of nitrogens with zero attached hydrogens (tertiary/aromatic N) is 2. The number of carbonyl (C=O) groups is 1. The Bertz CT molecular complexity index is 1070. The van der Waals surface area contributed by atoms with Gasteiger partial charge < -0.3 is 9.30 Å². The minimum atomic E-state index is -0.202. The first-order chi connectivity index (χ1) is 13.2. The average Bonchev–Trinajstić information content (AvgIpc) is 3.01. The summed E-state index contributed by atoms with van der Waals surface area (Å²) in [6.07, 6.45) is 4.57. The van der Waals surface area contributed by atoms with Gasteiger partial charge in [-0.15, -0.1) is 0 Å². The molecule has 0 saturated carbocycles. The molecule has 3 aromatic rings. The fourth-order valence-corrected chi connectivity index (χ4v) is 4.88. The normalized spacial score (nSPS) is 14.5. The molecule has 2 aromatic carbocycles. The first-order valence-corrected chi connectivity index (χ1v) is 10.3. The van der Waals surface area contributed by atoms with Gasteiger partial charge in [0.05, 0.1) is 16.8 Å². The van der Waals surface area contributed by atoms with E-state index < -0.39 is 0 Å². The number of ether oxygens (including phenoxy) is 1. The summed E-state index contributed by atoms with van der Waals surface area (Å²) in [6.45, 7) is 1.18. The molecule has 140 valence electrons. The van der Waals surface area contributed by atoms with Crippen molar-refractivity contribution in [2.24, 2.45) is 4.99 Å². The molecule has 0 fully saturated rings. The van der Waals surface area contributed by atoms with Crippen LogP contribution in [0.15, 0.2) is 41.4 Å². The Hall–Kier alpha value is -1.95. The van der Waals surface area contributed by atoms with Crippen LogP contribution in [0.3, 0.4) is 0 Å². The molecule has 1 amide bonds. The maximum absolute atomic E-state index is 12.8. The van der Waals surface area contributed by atoms with E-state index in [1.807, 2.05) is 34.9 Å². The second-order valence-corrected chi connectivity index (χ2v) is 8.19. The second-order valence-electron chi connectivity index (χ2n) is 6.75. The lowest BCUT2D eigenvalue weighted by Crippen LogP contribution is -2.19. The highest BCUT2D eigenvalue weighted by Gasteiger charge is 2.14. The molecule has 1 aromatic heterocycles. The number of halogens is 1. The van der Waals surface area contributed by atoms with Crippen molar-refractivity contribution in [3.63, 3.8) is 0 Å². The molecule has 0 unspecified atom stereocenters. The molecule has 0 N–H and O–H groups in total. The van der Waals surface area contributed by atoms with Gasteiger partial charge in [-0.05, 0) is 67.1 Å². The molecule has 0 atom stereocenters. The van der Waals surface area contributed by atoms with Gasteiger partial charge in [-0.2, -0.15) is 4.99 Å². The van der Waals surface area contributed by atoms with E-state index in [1.54, 1.807) is 7.11 Å². The smallest absolute Gasteiger partial charge is 0.279 e. The molecule has 1 aliphatic carbocycles. The third kappa shape index (κ3) is 3.86. The molecule has 0 bridgehead atoms. The molecular weight excluding hydrogens is 380 g/mol. The second kappa shape index (κ2) is 7.97. The van der Waals surface area contributed by atoms with E-state index in [0.717, 1.165) is 23.1 Å². The molecule has 0 aliphatic heterocycles. The first-order valence-electron chi connectivity index (χ1n) is 9.14. The zero-order valence-electron chi connectivity index (χ0n) is 15.2. The van der Waals surface area contributed by atoms with Crippen molar-refractivity contribution < 1.29 is 9.53 Å². The van der Waals surface area contributed by atoms with Gasteiger partial charge in [0, 0.05) is 24.2 Å². The Balaban J connectivity index is 1.76. The van der Waals surface area contributed by atoms with Crippen LogP contribution in [0.1, 0.15) is 34.3 Å². The van der Waals surface area contributed by atoms with E-state index in [1.165, 1.54) is 35.3 Å². The molecule has 6 heteroatoms. The SMILES string of the molecule is COCCn1c(=NC(=O)c2ccc3c(c2)CCCC3)sc2cc(Cl)ccc21. The number of hydrogen-bond donors (Lipinski definition) is 0. The molecule has 0 saturated heterocycles. The number of hydrogen-bond acceptors (Lipinski definition) is 3. The van der Waals surface area contributed by atoms with Gasteiger partial charge in [-0.1, -0.05) is 29.0 Å². The zero-order valence-corrected chi connectivity index (χ0v) is 16.8. The van der Waals surface area contributed by atoms with Gasteiger partial charge >= 0.3 is 0 Å². The highest BCUT2D eigenvalue weighted by atomic mass is 35.5. The van der Waals surface area contributed by atoms with E-state index in [4.69, 9.17) is 16.3 Å². The van der Waals surface area contributed by atoms with Crippen molar-refractivity contribution in [3.8, 4) is 0 Å². The largest absolute Gasteiger partial charge is 0.383 e. The van der Waals surface area contributed by atoms with Gasteiger partial charge in [-0.25, -0.2) is 0 Å². The van der Waals surface area contributed by atoms with Gasteiger partial charge in [0.25, 0.3) is 5.91 Å². The third-order valence-corrected chi connectivity index (χ3v) is 6.23. The lowest BCUT2D eigenvalue weighted by molar-refractivity contribution is 0.0997. The molecule has 27 heavy (non-hydrogen) atoms. The predicted molar refractivity (Wildman–Crippen MR) is 110 cm³/mol. The van der Waals surface area contributed by atoms with Gasteiger partial charge in [0.1, 0.15) is 0 Å². The molecule has 0 radical (unpaired) electrons. The maximum Gasteiger partial charge on any atom is 0.279 e. The van der Waals surface area contributed by atoms with E-state index in [9.17, 15) is 4.79 Å². The number of fused-ring (bicyclic) bond motifs is 2. The molecule has 4 rings (SSSR count). The lowest BCUT2D eigenvalue weighted by atomic mass is 9.90. The summed E-state index contributed by atoms with van der Waals surface area (Å²) in [5, 5.41) is 0.676. The Kier molecular flexibility index (Phi) is 5.43. The lowest BCUT2D eigenvalue weighted by Gasteiger charge is -2.15. The number of aromatic nitrogens is 1. The van der Waals surface area contributed by atoms with E-state index in [-0.39, 0.29) is 5.91 Å². The number of aryl methyl sites for hydroxylation is 2. The summed E-state index contributed by atoms with van der Waals surface area (Å²) in [6, 6.07) is 11.7. The van der Waals surface area contributed by atoms with Crippen LogP contribution in [0, 0.1) is 0 Å². The Morgan fingerprint density at radius 2 is 2.00 bits per heavy atom. The highest BCUT2D eigenvalue weighted by molar-refractivity contribution is 7.16. The molecule has 4 nitrogen and oxygen atoms in total. The van der Waals surface area contributed by atoms with Crippen molar-refractivity contribution in [3.05, 3.63) is 62.9 Å². The zero-order chi connectivity index (χ0) is 18.8. The van der Waals surface area contributed by atoms with Crippen LogP contribution in [-0.2, 0) is 24.1 Å². The third-order valence-electron chi connectivity index (χ3n) is 4.96. The monoisotopic (exact) mass is 400 g/mol. The summed E-state index contributed by atoms with van der Waals surface area (Å²) in [4.78, 5) is 18.0. The van der Waals surface area contributed by atoms with E-state index in [0.29, 0.717) is 28.5 Å². The Morgan fingerprint density at radius 1 is 1.19 bits per heavy atom. The average molecular weight is 401 g/mol. The van der Waals surface area contributed by atoms with Crippen LogP contribution in [0.4, 0.5) is 0 Å². The van der Waals surface area contributed by atoms with E-state index in [2.05, 4.69) is 11.1 Å². The van der Waals surface area contributed by atoms with Crippen LogP contribution in [0.25, 0.3) is 10.2 Å². The van der Waals surface area contributed by atoms with Crippen molar-refractivity contribution >= 4 is 39.1 Å². The van der Waals surface area contributed by atoms with Crippen LogP contribution in [0.2, 0.25) is 5.02 Å². The number of carbonyl (C=O) groups excluding carboxylic acids is 1. The van der Waals surface area contributed by atoms with Gasteiger partial charge in [0.15, 0.2) is 4.80 Å². The fraction of sp³-hybridized carbons (Fsp3) is 0.333. The van der Waals surface area contributed by atoms with E-state index >= 15 is 0 Å². The summed E-state index contributed by atoms with van der Waals surface area (Å²) >= 11 is 7.60. The number of amides is 1. The maximum atomic E-state index is 12.8. The number of benzene rings is 2. The van der Waals surface area contributed by atoms with Gasteiger partial charge in [0.2, 0.25) is 0 Å². The molecule has 0 spiro atoms. The number of methoxy groups -OCH3 is 1. The van der Waals surface area contributed by atoms with Crippen LogP contribution in [-0.4, -0.2) is 24.2 Å². The minimum Gasteiger partial charge on any atom is -0.383 e. The Labute approximate surface area is 167 Å². The topological polar surface area (TPSA) is 43.6 Å². The Morgan fingerprint density at radius 3 is 2.81 bits per heavy atom. The molecule has 1 aliphatic rings. The summed E-state index contributed by atoms with van der Waals surface area (Å²) in [5.41, 5.74) is 4.32. The van der Waals surface area contributed by atoms with Crippen LogP contribution < -0.4 is 4.80 Å². The fourth-order valence-electron chi connectivity index (χ4n) is 3.55. The van der Waals surface area contributed by atoms with Crippen molar-refractivity contribution in [1.82, 2.24) is 4.57 Å². The predicted octanol–water partition coefficient (Wildman–Crippen LogP) is 4.62.